The van der Waals surface area contributed by atoms with E-state index in [1.54, 1.807) is 0 Å². The van der Waals surface area contributed by atoms with Crippen LogP contribution in [0.25, 0.3) is 0 Å². The fourth-order valence-electron chi connectivity index (χ4n) is 3.58. The van der Waals surface area contributed by atoms with Gasteiger partial charge in [0.2, 0.25) is 0 Å². The third-order valence-electron chi connectivity index (χ3n) is 4.79. The molecule has 2 unspecified atom stereocenters. The van der Waals surface area contributed by atoms with Crippen LogP contribution in [0.5, 0.6) is 0 Å². The molecule has 1 heterocycles. The average Bonchev–Trinajstić information content (AvgIpc) is 3.07. The zero-order valence-corrected chi connectivity index (χ0v) is 14.7. The Balaban J connectivity index is 1.56. The first kappa shape index (κ1) is 16.2. The maximum absolute atomic E-state index is 11.8. The number of anilines is 1. The van der Waals surface area contributed by atoms with Crippen molar-refractivity contribution in [3.63, 3.8) is 0 Å². The Morgan fingerprint density at radius 3 is 2.83 bits per heavy atom. The van der Waals surface area contributed by atoms with Crippen LogP contribution in [-0.4, -0.2) is 24.3 Å². The minimum Gasteiger partial charge on any atom is -0.444 e. The number of benzene rings is 1. The Kier molecular flexibility index (Phi) is 4.26. The van der Waals surface area contributed by atoms with E-state index in [1.165, 1.54) is 41.6 Å². The lowest BCUT2D eigenvalue weighted by Gasteiger charge is -2.23. The molecule has 0 saturated carbocycles. The molecule has 0 fully saturated rings. The Morgan fingerprint density at radius 2 is 2.09 bits per heavy atom. The van der Waals surface area contributed by atoms with E-state index in [2.05, 4.69) is 29.7 Å². The molecular weight excluding hydrogens is 288 g/mol. The number of alkyl carbamates (subject to hydrolysis) is 1. The molecule has 2 atom stereocenters. The third-order valence-corrected chi connectivity index (χ3v) is 4.79. The number of aryl methyl sites for hydroxylation is 1. The van der Waals surface area contributed by atoms with Crippen molar-refractivity contribution in [3.8, 4) is 0 Å². The highest BCUT2D eigenvalue weighted by atomic mass is 16.6. The molecule has 126 valence electrons. The van der Waals surface area contributed by atoms with Gasteiger partial charge in [0, 0.05) is 18.3 Å². The van der Waals surface area contributed by atoms with Gasteiger partial charge in [-0.15, -0.1) is 0 Å². The van der Waals surface area contributed by atoms with E-state index in [9.17, 15) is 4.79 Å². The number of rotatable bonds is 3. The summed E-state index contributed by atoms with van der Waals surface area (Å²) in [6, 6.07) is 4.96. The van der Waals surface area contributed by atoms with Gasteiger partial charge in [-0.1, -0.05) is 19.1 Å². The monoisotopic (exact) mass is 316 g/mol. The number of carbonyl (C=O) groups is 1. The number of fused-ring (bicyclic) bond motifs is 3. The maximum Gasteiger partial charge on any atom is 0.407 e. The zero-order chi connectivity index (χ0) is 16.6. The van der Waals surface area contributed by atoms with Crippen LogP contribution in [0.2, 0.25) is 0 Å². The van der Waals surface area contributed by atoms with E-state index in [0.717, 1.165) is 6.42 Å². The van der Waals surface area contributed by atoms with Gasteiger partial charge in [0.25, 0.3) is 0 Å². The number of hydrogen-bond acceptors (Lipinski definition) is 3. The van der Waals surface area contributed by atoms with Gasteiger partial charge in [-0.2, -0.15) is 0 Å². The maximum atomic E-state index is 11.8. The number of carbonyl (C=O) groups excluding carboxylic acids is 1. The molecule has 1 aromatic carbocycles. The van der Waals surface area contributed by atoms with Gasteiger partial charge in [0.1, 0.15) is 5.60 Å². The largest absolute Gasteiger partial charge is 0.444 e. The predicted molar refractivity (Wildman–Crippen MR) is 93.0 cm³/mol. The molecule has 0 saturated heterocycles. The molecule has 4 nitrogen and oxygen atoms in total. The minimum atomic E-state index is -0.449. The molecule has 1 aliphatic heterocycles. The van der Waals surface area contributed by atoms with Crippen LogP contribution >= 0.6 is 0 Å². The Hall–Kier alpha value is -1.71. The molecule has 0 bridgehead atoms. The topological polar surface area (TPSA) is 50.4 Å². The summed E-state index contributed by atoms with van der Waals surface area (Å²) < 4.78 is 5.30. The van der Waals surface area contributed by atoms with E-state index in [4.69, 9.17) is 4.74 Å². The van der Waals surface area contributed by atoms with Crippen LogP contribution in [0.3, 0.4) is 0 Å². The number of nitrogens with one attached hydrogen (secondary N) is 2. The Bertz CT molecular complexity index is 604. The molecular formula is C19H28N2O2. The van der Waals surface area contributed by atoms with E-state index >= 15 is 0 Å². The summed E-state index contributed by atoms with van der Waals surface area (Å²) in [5, 5.41) is 6.61. The van der Waals surface area contributed by atoms with Crippen LogP contribution in [-0.2, 0) is 24.0 Å². The number of hydrogen-bond donors (Lipinski definition) is 2. The average molecular weight is 316 g/mol. The summed E-state index contributed by atoms with van der Waals surface area (Å²) in [5.74, 6) is 0.354. The third kappa shape index (κ3) is 3.62. The van der Waals surface area contributed by atoms with Crippen LogP contribution in [0.4, 0.5) is 10.5 Å². The molecule has 23 heavy (non-hydrogen) atoms. The van der Waals surface area contributed by atoms with Crippen molar-refractivity contribution in [2.24, 2.45) is 5.92 Å². The molecule has 3 rings (SSSR count). The highest BCUT2D eigenvalue weighted by molar-refractivity contribution is 5.68. The predicted octanol–water partition coefficient (Wildman–Crippen LogP) is 3.67. The normalized spacial score (nSPS) is 20.4. The smallest absolute Gasteiger partial charge is 0.407 e. The first-order valence-corrected chi connectivity index (χ1v) is 8.70. The van der Waals surface area contributed by atoms with E-state index in [0.29, 0.717) is 18.5 Å². The van der Waals surface area contributed by atoms with Crippen molar-refractivity contribution < 1.29 is 9.53 Å². The summed E-state index contributed by atoms with van der Waals surface area (Å²) >= 11 is 0. The van der Waals surface area contributed by atoms with E-state index < -0.39 is 5.60 Å². The first-order chi connectivity index (χ1) is 10.8. The fourth-order valence-corrected chi connectivity index (χ4v) is 3.58. The molecule has 1 aromatic rings. The molecule has 0 aromatic heterocycles. The molecule has 0 radical (unpaired) electrons. The van der Waals surface area contributed by atoms with Gasteiger partial charge in [-0.25, -0.2) is 4.79 Å². The molecule has 2 aliphatic rings. The minimum absolute atomic E-state index is 0.333. The van der Waals surface area contributed by atoms with Crippen molar-refractivity contribution in [3.05, 3.63) is 28.8 Å². The van der Waals surface area contributed by atoms with Crippen LogP contribution in [0.1, 0.15) is 50.8 Å². The second-order valence-corrected chi connectivity index (χ2v) is 7.91. The van der Waals surface area contributed by atoms with E-state index in [1.807, 2.05) is 20.8 Å². The van der Waals surface area contributed by atoms with Crippen LogP contribution in [0.15, 0.2) is 12.1 Å². The molecule has 2 N–H and O–H groups in total. The second kappa shape index (κ2) is 6.06. The summed E-state index contributed by atoms with van der Waals surface area (Å²) in [5.41, 5.74) is 5.39. The lowest BCUT2D eigenvalue weighted by atomic mass is 9.97. The quantitative estimate of drug-likeness (QED) is 0.894. The lowest BCUT2D eigenvalue weighted by Crippen LogP contribution is -2.39. The summed E-state index contributed by atoms with van der Waals surface area (Å²) in [4.78, 5) is 11.8. The zero-order valence-electron chi connectivity index (χ0n) is 14.7. The van der Waals surface area contributed by atoms with Crippen molar-refractivity contribution in [1.82, 2.24) is 5.32 Å². The molecule has 4 heteroatoms. The van der Waals surface area contributed by atoms with Crippen LogP contribution in [0, 0.1) is 5.92 Å². The van der Waals surface area contributed by atoms with Gasteiger partial charge < -0.3 is 15.4 Å². The number of ether oxygens (including phenoxy) is 1. The van der Waals surface area contributed by atoms with E-state index in [-0.39, 0.29) is 6.09 Å². The van der Waals surface area contributed by atoms with Crippen molar-refractivity contribution in [2.45, 2.75) is 65.0 Å². The summed E-state index contributed by atoms with van der Waals surface area (Å²) in [7, 11) is 0. The standard InChI is InChI=1S/C19H28N2O2/c1-12(11-20-18(22)23-19(2,3)4)16-10-14-9-8-13-6-5-7-15(13)17(14)21-16/h8-9,12,16,21H,5-7,10-11H2,1-4H3,(H,20,22). The molecule has 1 aliphatic carbocycles. The van der Waals surface area contributed by atoms with Gasteiger partial charge in [0.05, 0.1) is 0 Å². The number of amides is 1. The van der Waals surface area contributed by atoms with Crippen molar-refractivity contribution in [2.75, 3.05) is 11.9 Å². The van der Waals surface area contributed by atoms with Gasteiger partial charge >= 0.3 is 6.09 Å². The van der Waals surface area contributed by atoms with Gasteiger partial charge in [-0.3, -0.25) is 0 Å². The van der Waals surface area contributed by atoms with Gasteiger partial charge in [0.15, 0.2) is 0 Å². The fraction of sp³-hybridized carbons (Fsp3) is 0.632. The molecule has 0 spiro atoms. The second-order valence-electron chi connectivity index (χ2n) is 7.91. The van der Waals surface area contributed by atoms with Crippen molar-refractivity contribution >= 4 is 11.8 Å². The SMILES string of the molecule is CC(CNC(=O)OC(C)(C)C)C1Cc2ccc3c(c2N1)CCC3. The Morgan fingerprint density at radius 1 is 1.35 bits per heavy atom. The summed E-state index contributed by atoms with van der Waals surface area (Å²) in [6.07, 6.45) is 4.39. The van der Waals surface area contributed by atoms with Crippen LogP contribution < -0.4 is 10.6 Å². The lowest BCUT2D eigenvalue weighted by molar-refractivity contribution is 0.0519. The highest BCUT2D eigenvalue weighted by Crippen LogP contribution is 2.37. The summed E-state index contributed by atoms with van der Waals surface area (Å²) in [6.45, 7) is 8.45. The first-order valence-electron chi connectivity index (χ1n) is 8.70. The van der Waals surface area contributed by atoms with Crippen molar-refractivity contribution in [1.29, 1.82) is 0 Å². The highest BCUT2D eigenvalue weighted by Gasteiger charge is 2.29. The molecule has 1 amide bonds. The Labute approximate surface area is 139 Å². The van der Waals surface area contributed by atoms with Gasteiger partial charge in [-0.05, 0) is 69.1 Å².